The van der Waals surface area contributed by atoms with E-state index in [0.29, 0.717) is 70.1 Å². The number of aromatic nitrogens is 3. The number of aromatic amines is 1. The summed E-state index contributed by atoms with van der Waals surface area (Å²) in [7, 11) is 1.51. The molecule has 5 amide bonds. The van der Waals surface area contributed by atoms with Gasteiger partial charge in [0, 0.05) is 93.2 Å². The van der Waals surface area contributed by atoms with Crippen molar-refractivity contribution in [2.24, 2.45) is 0 Å². The fourth-order valence-corrected chi connectivity index (χ4v) is 9.40. The number of methoxy groups -OCH3 is 1. The SMILES string of the molecule is COc1ccc(C(=O)N2CCN(CCN3CCC(OCc4ccc(-c5cc6c(-c7cc(F)cc(NC(=O)c8ccc(C(C)(C)O)cc8F)c7C)ncnc6[nH]5)cc4)CC3)CC2)cc1N1CCC(=O)NC1=O. The Morgan fingerprint density at radius 3 is 2.30 bits per heavy atom. The maximum absolute atomic E-state index is 15.2. The van der Waals surface area contributed by atoms with Crippen molar-refractivity contribution in [3.05, 3.63) is 125 Å². The number of hydrogen-bond donors (Lipinski definition) is 4. The van der Waals surface area contributed by atoms with Gasteiger partial charge in [-0.15, -0.1) is 0 Å². The number of nitrogens with zero attached hydrogens (tertiary/aromatic N) is 6. The summed E-state index contributed by atoms with van der Waals surface area (Å²) >= 11 is 0. The fourth-order valence-electron chi connectivity index (χ4n) is 9.40. The van der Waals surface area contributed by atoms with Crippen LogP contribution >= 0.6 is 0 Å². The van der Waals surface area contributed by atoms with E-state index < -0.39 is 29.2 Å². The molecule has 16 nitrogen and oxygen atoms in total. The van der Waals surface area contributed by atoms with Crippen molar-refractivity contribution < 1.29 is 42.5 Å². The van der Waals surface area contributed by atoms with Gasteiger partial charge in [0.15, 0.2) is 0 Å². The lowest BCUT2D eigenvalue weighted by Gasteiger charge is -2.37. The second-order valence-electron chi connectivity index (χ2n) is 18.8. The van der Waals surface area contributed by atoms with E-state index in [1.165, 1.54) is 56.4 Å². The molecule has 18 heteroatoms. The molecule has 3 fully saturated rings. The lowest BCUT2D eigenvalue weighted by atomic mass is 9.96. The summed E-state index contributed by atoms with van der Waals surface area (Å²) in [5.74, 6) is -2.16. The molecule has 0 radical (unpaired) electrons. The number of carbonyl (C=O) groups is 4. The van der Waals surface area contributed by atoms with Crippen LogP contribution in [-0.4, -0.2) is 131 Å². The second kappa shape index (κ2) is 20.7. The number of carbonyl (C=O) groups excluding carboxylic acids is 4. The van der Waals surface area contributed by atoms with E-state index >= 15 is 8.78 Å². The van der Waals surface area contributed by atoms with Crippen molar-refractivity contribution >= 4 is 46.2 Å². The van der Waals surface area contributed by atoms with E-state index in [0.717, 1.165) is 75.0 Å². The van der Waals surface area contributed by atoms with Crippen LogP contribution in [0.3, 0.4) is 0 Å². The summed E-state index contributed by atoms with van der Waals surface area (Å²) in [6.07, 6.45) is 3.60. The molecule has 0 unspecified atom stereocenters. The number of nitrogens with one attached hydrogen (secondary N) is 3. The van der Waals surface area contributed by atoms with E-state index in [4.69, 9.17) is 9.47 Å². The molecule has 0 bridgehead atoms. The van der Waals surface area contributed by atoms with Crippen LogP contribution in [-0.2, 0) is 21.7 Å². The summed E-state index contributed by atoms with van der Waals surface area (Å²) < 4.78 is 42.1. The zero-order chi connectivity index (χ0) is 50.0. The minimum absolute atomic E-state index is 0.103. The number of urea groups is 1. The number of piperidine rings is 1. The summed E-state index contributed by atoms with van der Waals surface area (Å²) in [6, 6.07) is 21.0. The number of fused-ring (bicyclic) bond motifs is 1. The number of benzene rings is 4. The lowest BCUT2D eigenvalue weighted by molar-refractivity contribution is -0.120. The molecule has 0 atom stereocenters. The predicted molar refractivity (Wildman–Crippen MR) is 264 cm³/mol. The summed E-state index contributed by atoms with van der Waals surface area (Å²) in [6.45, 7) is 12.0. The molecular weight excluding hydrogens is 913 g/mol. The maximum atomic E-state index is 15.2. The first-order chi connectivity index (χ1) is 34.1. The molecule has 4 aromatic carbocycles. The Labute approximate surface area is 410 Å². The normalized spacial score (nSPS) is 16.4. The number of rotatable bonds is 14. The van der Waals surface area contributed by atoms with E-state index in [2.05, 4.69) is 35.4 Å². The highest BCUT2D eigenvalue weighted by molar-refractivity contribution is 6.07. The number of likely N-dealkylation sites (tertiary alicyclic amines) is 1. The number of hydrogen-bond acceptors (Lipinski definition) is 11. The average Bonchev–Trinajstić information content (AvgIpc) is 3.81. The largest absolute Gasteiger partial charge is 0.495 e. The van der Waals surface area contributed by atoms with Gasteiger partial charge in [-0.1, -0.05) is 30.3 Å². The number of aliphatic hydroxyl groups is 1. The van der Waals surface area contributed by atoms with Crippen molar-refractivity contribution in [2.45, 2.75) is 58.3 Å². The highest BCUT2D eigenvalue weighted by Crippen LogP contribution is 2.36. The Kier molecular flexibility index (Phi) is 14.2. The molecule has 71 heavy (non-hydrogen) atoms. The first-order valence-electron chi connectivity index (χ1n) is 23.8. The zero-order valence-electron chi connectivity index (χ0n) is 40.2. The highest BCUT2D eigenvalue weighted by atomic mass is 19.1. The van der Waals surface area contributed by atoms with Crippen LogP contribution in [0.4, 0.5) is 25.0 Å². The van der Waals surface area contributed by atoms with E-state index in [1.54, 1.807) is 25.1 Å². The molecule has 3 saturated heterocycles. The van der Waals surface area contributed by atoms with Crippen LogP contribution in [0.15, 0.2) is 85.2 Å². The van der Waals surface area contributed by atoms with Crippen LogP contribution < -0.4 is 20.3 Å². The van der Waals surface area contributed by atoms with Crippen LogP contribution in [0, 0.1) is 18.6 Å². The third-order valence-electron chi connectivity index (χ3n) is 13.7. The smallest absolute Gasteiger partial charge is 0.328 e. The van der Waals surface area contributed by atoms with Crippen molar-refractivity contribution in [1.29, 1.82) is 0 Å². The molecule has 370 valence electrons. The molecule has 6 aromatic rings. The summed E-state index contributed by atoms with van der Waals surface area (Å²) in [5.41, 5.74) is 4.60. The number of amides is 5. The highest BCUT2D eigenvalue weighted by Gasteiger charge is 2.30. The molecule has 2 aromatic heterocycles. The Bertz CT molecular complexity index is 2980. The third-order valence-corrected chi connectivity index (χ3v) is 13.7. The molecule has 5 heterocycles. The van der Waals surface area contributed by atoms with Gasteiger partial charge in [0.1, 0.15) is 29.4 Å². The molecular formula is C53H57F2N9O7. The lowest BCUT2D eigenvalue weighted by Crippen LogP contribution is -2.51. The van der Waals surface area contributed by atoms with Gasteiger partial charge in [0.05, 0.1) is 42.4 Å². The van der Waals surface area contributed by atoms with Gasteiger partial charge in [0.2, 0.25) is 5.91 Å². The first kappa shape index (κ1) is 48.9. The van der Waals surface area contributed by atoms with Gasteiger partial charge in [0.25, 0.3) is 11.8 Å². The minimum atomic E-state index is -1.29. The van der Waals surface area contributed by atoms with Crippen LogP contribution in [0.1, 0.15) is 70.5 Å². The van der Waals surface area contributed by atoms with Gasteiger partial charge < -0.3 is 34.7 Å². The Morgan fingerprint density at radius 1 is 0.873 bits per heavy atom. The van der Waals surface area contributed by atoms with Crippen molar-refractivity contribution in [3.63, 3.8) is 0 Å². The second-order valence-corrected chi connectivity index (χ2v) is 18.8. The molecule has 3 aliphatic rings. The number of anilines is 2. The number of halogens is 2. The van der Waals surface area contributed by atoms with Gasteiger partial charge >= 0.3 is 6.03 Å². The maximum Gasteiger partial charge on any atom is 0.328 e. The molecule has 4 N–H and O–H groups in total. The first-order valence-corrected chi connectivity index (χ1v) is 23.8. The third kappa shape index (κ3) is 11.0. The van der Waals surface area contributed by atoms with Gasteiger partial charge in [-0.2, -0.15) is 0 Å². The van der Waals surface area contributed by atoms with Gasteiger partial charge in [-0.25, -0.2) is 23.5 Å². The zero-order valence-corrected chi connectivity index (χ0v) is 40.2. The van der Waals surface area contributed by atoms with E-state index in [9.17, 15) is 24.3 Å². The topological polar surface area (TPSA) is 186 Å². The Hall–Kier alpha value is -7.12. The van der Waals surface area contributed by atoms with Crippen molar-refractivity contribution in [1.82, 2.24) is 35.0 Å². The molecule has 0 aliphatic carbocycles. The number of ether oxygens (including phenoxy) is 2. The fraction of sp³-hybridized carbons (Fsp3) is 0.358. The minimum Gasteiger partial charge on any atom is -0.495 e. The van der Waals surface area contributed by atoms with Gasteiger partial charge in [-0.05, 0) is 104 Å². The quantitative estimate of drug-likeness (QED) is 0.0862. The predicted octanol–water partition coefficient (Wildman–Crippen LogP) is 7.25. The molecule has 3 aliphatic heterocycles. The number of piperazine rings is 1. The Morgan fingerprint density at radius 2 is 1.61 bits per heavy atom. The van der Waals surface area contributed by atoms with Crippen LogP contribution in [0.2, 0.25) is 0 Å². The molecule has 9 rings (SSSR count). The van der Waals surface area contributed by atoms with E-state index in [-0.39, 0.29) is 42.1 Å². The summed E-state index contributed by atoms with van der Waals surface area (Å²) in [5, 5.41) is 15.9. The van der Waals surface area contributed by atoms with Crippen LogP contribution in [0.25, 0.3) is 33.5 Å². The van der Waals surface area contributed by atoms with Gasteiger partial charge in [-0.3, -0.25) is 29.5 Å². The standard InChI is InChI=1S/C53H57F2N9O7/c1-32-40(27-37(54)28-43(32)59-50(66)39-11-10-36(26-42(39)55)53(2,3)69)48-41-29-44(58-49(41)57-31-56-48)34-7-5-33(6-8-34)30-71-38-13-16-61(17-14-38)19-20-62-21-23-63(24-22-62)51(67)35-9-12-46(70-4)45(25-35)64-18-15-47(65)60-52(64)68/h5-12,25-29,31,38,69H,13-24,30H2,1-4H3,(H,59,66)(H,56,57,58)(H,60,65,68). The van der Waals surface area contributed by atoms with E-state index in [1.807, 2.05) is 35.2 Å². The molecule has 0 saturated carbocycles. The van der Waals surface area contributed by atoms with Crippen molar-refractivity contribution in [2.75, 3.05) is 76.2 Å². The van der Waals surface area contributed by atoms with Crippen LogP contribution in [0.5, 0.6) is 5.75 Å². The monoisotopic (exact) mass is 969 g/mol. The Balaban J connectivity index is 0.740. The van der Waals surface area contributed by atoms with Crippen molar-refractivity contribution in [3.8, 4) is 28.3 Å². The molecule has 0 spiro atoms. The number of imide groups is 1. The summed E-state index contributed by atoms with van der Waals surface area (Å²) in [4.78, 5) is 71.5. The average molecular weight is 970 g/mol. The number of H-pyrrole nitrogens is 1.